The van der Waals surface area contributed by atoms with Crippen molar-refractivity contribution in [1.29, 1.82) is 10.5 Å². The summed E-state index contributed by atoms with van der Waals surface area (Å²) in [5.74, 6) is 0. The monoisotopic (exact) mass is 463 g/mol. The lowest BCUT2D eigenvalue weighted by Crippen LogP contribution is -2.39. The number of anilines is 1. The van der Waals surface area contributed by atoms with Gasteiger partial charge in [-0.05, 0) is 36.8 Å². The number of carbonyl (C=O) groups is 1. The van der Waals surface area contributed by atoms with Crippen molar-refractivity contribution in [2.24, 2.45) is 10.2 Å². The van der Waals surface area contributed by atoms with Crippen LogP contribution in [-0.4, -0.2) is 47.2 Å². The molecule has 34 heavy (non-hydrogen) atoms. The van der Waals surface area contributed by atoms with E-state index in [4.69, 9.17) is 5.26 Å². The van der Waals surface area contributed by atoms with Crippen molar-refractivity contribution in [2.75, 3.05) is 31.1 Å². The van der Waals surface area contributed by atoms with E-state index in [-0.39, 0.29) is 16.9 Å². The molecule has 1 amide bonds. The average molecular weight is 463 g/mol. The molecular weight excluding hydrogens is 438 g/mol. The number of carboxylic acid groups (broad SMARTS) is 1. The second-order valence-corrected chi connectivity index (χ2v) is 7.31. The number of azo groups is 1. The quantitative estimate of drug-likeness (QED) is 0.251. The number of nitro benzene ring substituents is 1. The average Bonchev–Trinajstić information content (AvgIpc) is 2.84. The molecule has 1 N–H and O–H groups in total. The summed E-state index contributed by atoms with van der Waals surface area (Å²) in [7, 11) is 0. The molecular formula is C23H25N7O4. The highest BCUT2D eigenvalue weighted by atomic mass is 16.6. The van der Waals surface area contributed by atoms with E-state index < -0.39 is 11.0 Å². The number of benzene rings is 2. The molecule has 0 spiro atoms. The van der Waals surface area contributed by atoms with Crippen molar-refractivity contribution < 1.29 is 14.8 Å². The van der Waals surface area contributed by atoms with Crippen LogP contribution in [0.4, 0.5) is 27.5 Å². The third-order valence-corrected chi connectivity index (χ3v) is 4.98. The van der Waals surface area contributed by atoms with Crippen molar-refractivity contribution in [1.82, 2.24) is 4.90 Å². The summed E-state index contributed by atoms with van der Waals surface area (Å²) >= 11 is 0. The number of hydrogen-bond donors (Lipinski definition) is 1. The molecule has 176 valence electrons. The van der Waals surface area contributed by atoms with Gasteiger partial charge in [-0.15, -0.1) is 5.11 Å². The lowest BCUT2D eigenvalue weighted by molar-refractivity contribution is -0.384. The molecule has 0 aliphatic carbocycles. The first-order valence-corrected chi connectivity index (χ1v) is 10.7. The third-order valence-electron chi connectivity index (χ3n) is 4.98. The van der Waals surface area contributed by atoms with E-state index in [1.165, 1.54) is 17.0 Å². The lowest BCUT2D eigenvalue weighted by atomic mass is 10.2. The Morgan fingerprint density at radius 2 is 1.82 bits per heavy atom. The minimum Gasteiger partial charge on any atom is -0.465 e. The van der Waals surface area contributed by atoms with Gasteiger partial charge in [0.1, 0.15) is 11.8 Å². The predicted molar refractivity (Wildman–Crippen MR) is 125 cm³/mol. The summed E-state index contributed by atoms with van der Waals surface area (Å²) in [6, 6.07) is 14.8. The molecule has 0 atom stereocenters. The summed E-state index contributed by atoms with van der Waals surface area (Å²) in [6.45, 7) is 3.67. The van der Waals surface area contributed by atoms with Crippen molar-refractivity contribution in [3.63, 3.8) is 0 Å². The summed E-state index contributed by atoms with van der Waals surface area (Å²) in [5, 5.41) is 46.6. The van der Waals surface area contributed by atoms with Crippen LogP contribution in [0.15, 0.2) is 52.7 Å². The highest BCUT2D eigenvalue weighted by molar-refractivity contribution is 5.65. The largest absolute Gasteiger partial charge is 0.465 e. The molecule has 0 bridgehead atoms. The van der Waals surface area contributed by atoms with Gasteiger partial charge in [0, 0.05) is 44.0 Å². The van der Waals surface area contributed by atoms with Crippen LogP contribution < -0.4 is 4.90 Å². The lowest BCUT2D eigenvalue weighted by Gasteiger charge is -2.27. The fourth-order valence-corrected chi connectivity index (χ4v) is 3.10. The molecule has 0 saturated carbocycles. The Morgan fingerprint density at radius 3 is 2.41 bits per heavy atom. The number of nitrogens with zero attached hydrogens (tertiary/aromatic N) is 7. The SMILES string of the molecule is CCCCN(CCN(CCC#N)c1ccc(N=Nc2ccc([N+](=O)[O-])cc2C#N)cc1)C(=O)O. The van der Waals surface area contributed by atoms with Gasteiger partial charge in [-0.3, -0.25) is 10.1 Å². The van der Waals surface area contributed by atoms with E-state index in [2.05, 4.69) is 16.3 Å². The number of unbranched alkanes of at least 4 members (excludes halogenated alkanes) is 1. The molecule has 0 fully saturated rings. The highest BCUT2D eigenvalue weighted by Gasteiger charge is 2.14. The molecule has 11 nitrogen and oxygen atoms in total. The van der Waals surface area contributed by atoms with E-state index in [0.717, 1.165) is 24.6 Å². The Bertz CT molecular complexity index is 1100. The van der Waals surface area contributed by atoms with E-state index >= 15 is 0 Å². The second-order valence-electron chi connectivity index (χ2n) is 7.31. The summed E-state index contributed by atoms with van der Waals surface area (Å²) in [4.78, 5) is 25.1. The Morgan fingerprint density at radius 1 is 1.09 bits per heavy atom. The minimum atomic E-state index is -0.965. The molecule has 2 aromatic carbocycles. The first kappa shape index (κ1) is 25.7. The second kappa shape index (κ2) is 13.1. The Kier molecular flexibility index (Phi) is 9.95. The Labute approximate surface area is 197 Å². The predicted octanol–water partition coefficient (Wildman–Crippen LogP) is 5.38. The number of nitriles is 2. The topological polar surface area (TPSA) is 159 Å². The van der Waals surface area contributed by atoms with Gasteiger partial charge >= 0.3 is 6.09 Å². The molecule has 2 aromatic rings. The van der Waals surface area contributed by atoms with Crippen LogP contribution in [0.5, 0.6) is 0 Å². The van der Waals surface area contributed by atoms with Gasteiger partial charge in [0.05, 0.1) is 28.7 Å². The van der Waals surface area contributed by atoms with Crippen molar-refractivity contribution in [2.45, 2.75) is 26.2 Å². The molecule has 0 unspecified atom stereocenters. The standard InChI is InChI=1S/C23H25N7O4/c1-2-3-12-29(23(31)32)15-14-28(13-4-11-24)20-7-5-19(6-8-20)26-27-22-10-9-21(30(33)34)16-18(22)17-25/h5-10,16H,2-4,12-15H2,1H3,(H,31,32). The van der Waals surface area contributed by atoms with Crippen LogP contribution >= 0.6 is 0 Å². The summed E-state index contributed by atoms with van der Waals surface area (Å²) in [5.41, 5.74) is 1.37. The molecule has 0 heterocycles. The molecule has 0 aliphatic rings. The van der Waals surface area contributed by atoms with E-state index in [1.54, 1.807) is 24.3 Å². The van der Waals surface area contributed by atoms with Gasteiger partial charge < -0.3 is 14.9 Å². The minimum absolute atomic E-state index is 0.0447. The summed E-state index contributed by atoms with van der Waals surface area (Å²) < 4.78 is 0. The fraction of sp³-hybridized carbons (Fsp3) is 0.348. The normalized spacial score (nSPS) is 10.4. The maximum atomic E-state index is 11.5. The fourth-order valence-electron chi connectivity index (χ4n) is 3.10. The van der Waals surface area contributed by atoms with Crippen LogP contribution in [0.3, 0.4) is 0 Å². The smallest absolute Gasteiger partial charge is 0.407 e. The molecule has 0 aromatic heterocycles. The zero-order chi connectivity index (χ0) is 24.9. The molecule has 0 aliphatic heterocycles. The third kappa shape index (κ3) is 7.57. The van der Waals surface area contributed by atoms with Crippen LogP contribution in [0.2, 0.25) is 0 Å². The number of non-ortho nitro benzene ring substituents is 1. The van der Waals surface area contributed by atoms with E-state index in [0.29, 0.717) is 38.3 Å². The van der Waals surface area contributed by atoms with Crippen molar-refractivity contribution in [3.05, 3.63) is 58.1 Å². The molecule has 0 saturated heterocycles. The van der Waals surface area contributed by atoms with Gasteiger partial charge in [-0.1, -0.05) is 13.3 Å². The number of amides is 1. The van der Waals surface area contributed by atoms with Gasteiger partial charge in [-0.2, -0.15) is 15.6 Å². The number of nitro groups is 1. The zero-order valence-corrected chi connectivity index (χ0v) is 18.8. The van der Waals surface area contributed by atoms with Crippen molar-refractivity contribution in [3.8, 4) is 12.1 Å². The highest BCUT2D eigenvalue weighted by Crippen LogP contribution is 2.27. The van der Waals surface area contributed by atoms with Gasteiger partial charge in [-0.25, -0.2) is 4.79 Å². The van der Waals surface area contributed by atoms with Gasteiger partial charge in [0.2, 0.25) is 0 Å². The number of rotatable bonds is 12. The number of hydrogen-bond acceptors (Lipinski definition) is 8. The van der Waals surface area contributed by atoms with Crippen LogP contribution in [0, 0.1) is 32.8 Å². The van der Waals surface area contributed by atoms with Gasteiger partial charge in [0.25, 0.3) is 5.69 Å². The molecule has 2 rings (SSSR count). The van der Waals surface area contributed by atoms with Crippen LogP contribution in [0.1, 0.15) is 31.7 Å². The first-order chi connectivity index (χ1) is 16.4. The van der Waals surface area contributed by atoms with Gasteiger partial charge in [0.15, 0.2) is 0 Å². The van der Waals surface area contributed by atoms with E-state index in [9.17, 15) is 25.3 Å². The van der Waals surface area contributed by atoms with Crippen LogP contribution in [0.25, 0.3) is 0 Å². The molecule has 0 radical (unpaired) electrons. The Hall–Kier alpha value is -4.51. The van der Waals surface area contributed by atoms with E-state index in [1.807, 2.05) is 17.9 Å². The van der Waals surface area contributed by atoms with Crippen molar-refractivity contribution >= 4 is 28.8 Å². The maximum absolute atomic E-state index is 11.5. The molecule has 11 heteroatoms. The first-order valence-electron chi connectivity index (χ1n) is 10.7. The Balaban J connectivity index is 2.14. The zero-order valence-electron chi connectivity index (χ0n) is 18.8. The summed E-state index contributed by atoms with van der Waals surface area (Å²) in [6.07, 6.45) is 1.01. The van der Waals surface area contributed by atoms with Crippen LogP contribution in [-0.2, 0) is 0 Å². The maximum Gasteiger partial charge on any atom is 0.407 e.